The Labute approximate surface area is 103 Å². The Balaban J connectivity index is 2.00. The van der Waals surface area contributed by atoms with Crippen LogP contribution < -0.4 is 0 Å². The summed E-state index contributed by atoms with van der Waals surface area (Å²) >= 11 is 1.53. The molecule has 0 N–H and O–H groups in total. The summed E-state index contributed by atoms with van der Waals surface area (Å²) in [6.45, 7) is 1.09. The molecule has 0 fully saturated rings. The highest BCUT2D eigenvalue weighted by Crippen LogP contribution is 2.13. The van der Waals surface area contributed by atoms with Crippen molar-refractivity contribution in [3.05, 3.63) is 52.0 Å². The molecule has 5 heteroatoms. The Kier molecular flexibility index (Phi) is 3.81. The summed E-state index contributed by atoms with van der Waals surface area (Å²) in [4.78, 5) is 6.09. The molecule has 2 rings (SSSR count). The Bertz CT molecular complexity index is 485. The minimum Gasteiger partial charge on any atom is -0.296 e. The first kappa shape index (κ1) is 12.1. The number of thiazole rings is 1. The molecule has 2 aromatic rings. The lowest BCUT2D eigenvalue weighted by molar-refractivity contribution is 0.310. The third-order valence-corrected chi connectivity index (χ3v) is 3.01. The topological polar surface area (TPSA) is 16.1 Å². The summed E-state index contributed by atoms with van der Waals surface area (Å²) in [7, 11) is 1.88. The smallest absolute Gasteiger partial charge is 0.130 e. The van der Waals surface area contributed by atoms with E-state index in [9.17, 15) is 8.78 Å². The number of nitrogens with zero attached hydrogens (tertiary/aromatic N) is 2. The highest BCUT2D eigenvalue weighted by Gasteiger charge is 2.08. The third-order valence-electron chi connectivity index (χ3n) is 2.37. The van der Waals surface area contributed by atoms with Gasteiger partial charge in [0, 0.05) is 30.1 Å². The van der Waals surface area contributed by atoms with E-state index < -0.39 is 11.6 Å². The third kappa shape index (κ3) is 3.31. The van der Waals surface area contributed by atoms with Crippen LogP contribution in [0.25, 0.3) is 0 Å². The summed E-state index contributed by atoms with van der Waals surface area (Å²) in [5.41, 5.74) is 3.21. The van der Waals surface area contributed by atoms with Crippen LogP contribution >= 0.6 is 11.3 Å². The predicted molar refractivity (Wildman–Crippen MR) is 63.6 cm³/mol. The molecular formula is C12H12F2N2S. The molecule has 1 aromatic carbocycles. The monoisotopic (exact) mass is 254 g/mol. The van der Waals surface area contributed by atoms with Crippen molar-refractivity contribution in [3.8, 4) is 0 Å². The molecule has 1 heterocycles. The van der Waals surface area contributed by atoms with Crippen LogP contribution in [-0.2, 0) is 13.1 Å². The first-order valence-corrected chi connectivity index (χ1v) is 6.09. The summed E-state index contributed by atoms with van der Waals surface area (Å²) < 4.78 is 26.1. The molecule has 0 atom stereocenters. The second-order valence-corrected chi connectivity index (χ2v) is 4.61. The molecule has 0 radical (unpaired) electrons. The number of hydrogen-bond donors (Lipinski definition) is 0. The van der Waals surface area contributed by atoms with E-state index in [0.29, 0.717) is 18.7 Å². The van der Waals surface area contributed by atoms with E-state index in [1.807, 2.05) is 17.3 Å². The molecule has 0 unspecified atom stereocenters. The van der Waals surface area contributed by atoms with Crippen molar-refractivity contribution < 1.29 is 8.78 Å². The standard InChI is InChI=1S/C12H12F2N2S/c1-16(6-11-7-17-8-15-11)5-9-2-3-10(13)4-12(9)14/h2-4,7-8H,5-6H2,1H3. The van der Waals surface area contributed by atoms with Crippen molar-refractivity contribution in [1.82, 2.24) is 9.88 Å². The molecule has 2 nitrogen and oxygen atoms in total. The Morgan fingerprint density at radius 1 is 1.29 bits per heavy atom. The molecule has 0 spiro atoms. The summed E-state index contributed by atoms with van der Waals surface area (Å²) in [6.07, 6.45) is 0. The van der Waals surface area contributed by atoms with E-state index in [1.165, 1.54) is 23.5 Å². The van der Waals surface area contributed by atoms with Gasteiger partial charge in [0.2, 0.25) is 0 Å². The average molecular weight is 254 g/mol. The maximum absolute atomic E-state index is 13.4. The van der Waals surface area contributed by atoms with E-state index in [0.717, 1.165) is 11.8 Å². The van der Waals surface area contributed by atoms with Gasteiger partial charge < -0.3 is 0 Å². The van der Waals surface area contributed by atoms with Crippen LogP contribution in [0.3, 0.4) is 0 Å². The van der Waals surface area contributed by atoms with Crippen molar-refractivity contribution in [3.63, 3.8) is 0 Å². The highest BCUT2D eigenvalue weighted by molar-refractivity contribution is 7.07. The summed E-state index contributed by atoms with van der Waals surface area (Å²) in [5, 5.41) is 1.96. The van der Waals surface area contributed by atoms with Gasteiger partial charge in [0.05, 0.1) is 11.2 Å². The van der Waals surface area contributed by atoms with Crippen molar-refractivity contribution in [2.24, 2.45) is 0 Å². The average Bonchev–Trinajstić information content (AvgIpc) is 2.75. The number of aromatic nitrogens is 1. The number of rotatable bonds is 4. The molecule has 1 aromatic heterocycles. The van der Waals surface area contributed by atoms with Gasteiger partial charge in [-0.15, -0.1) is 11.3 Å². The van der Waals surface area contributed by atoms with Crippen LogP contribution in [0.5, 0.6) is 0 Å². The number of benzene rings is 1. The summed E-state index contributed by atoms with van der Waals surface area (Å²) in [5.74, 6) is -1.05. The molecule has 0 aliphatic heterocycles. The minimum absolute atomic E-state index is 0.434. The van der Waals surface area contributed by atoms with E-state index in [1.54, 1.807) is 5.51 Å². The summed E-state index contributed by atoms with van der Waals surface area (Å²) in [6, 6.07) is 3.66. The van der Waals surface area contributed by atoms with Crippen molar-refractivity contribution in [2.45, 2.75) is 13.1 Å². The van der Waals surface area contributed by atoms with Gasteiger partial charge in [-0.05, 0) is 13.1 Å². The zero-order valence-corrected chi connectivity index (χ0v) is 10.2. The van der Waals surface area contributed by atoms with Gasteiger partial charge in [0.15, 0.2) is 0 Å². The number of halogens is 2. The molecule has 17 heavy (non-hydrogen) atoms. The molecular weight excluding hydrogens is 242 g/mol. The molecule has 90 valence electrons. The van der Waals surface area contributed by atoms with Crippen LogP contribution in [0.1, 0.15) is 11.3 Å². The van der Waals surface area contributed by atoms with Crippen LogP contribution in [0.2, 0.25) is 0 Å². The van der Waals surface area contributed by atoms with Gasteiger partial charge in [-0.1, -0.05) is 6.07 Å². The molecule has 0 saturated heterocycles. The maximum Gasteiger partial charge on any atom is 0.130 e. The quantitative estimate of drug-likeness (QED) is 0.833. The molecule has 0 amide bonds. The van der Waals surface area contributed by atoms with Gasteiger partial charge in [-0.25, -0.2) is 13.8 Å². The Morgan fingerprint density at radius 2 is 2.12 bits per heavy atom. The van der Waals surface area contributed by atoms with E-state index in [2.05, 4.69) is 4.98 Å². The van der Waals surface area contributed by atoms with E-state index in [-0.39, 0.29) is 0 Å². The van der Waals surface area contributed by atoms with Crippen LogP contribution in [0.15, 0.2) is 29.1 Å². The van der Waals surface area contributed by atoms with E-state index in [4.69, 9.17) is 0 Å². The minimum atomic E-state index is -0.548. The largest absolute Gasteiger partial charge is 0.296 e. The molecule has 0 saturated carbocycles. The zero-order valence-electron chi connectivity index (χ0n) is 9.36. The van der Waals surface area contributed by atoms with Crippen molar-refractivity contribution in [1.29, 1.82) is 0 Å². The van der Waals surface area contributed by atoms with Crippen LogP contribution in [0, 0.1) is 11.6 Å². The van der Waals surface area contributed by atoms with Crippen molar-refractivity contribution in [2.75, 3.05) is 7.05 Å². The lowest BCUT2D eigenvalue weighted by Gasteiger charge is -2.15. The second-order valence-electron chi connectivity index (χ2n) is 3.89. The second kappa shape index (κ2) is 5.33. The van der Waals surface area contributed by atoms with Crippen molar-refractivity contribution >= 4 is 11.3 Å². The molecule has 0 aliphatic carbocycles. The predicted octanol–water partition coefficient (Wildman–Crippen LogP) is 3.05. The van der Waals surface area contributed by atoms with Gasteiger partial charge in [-0.2, -0.15) is 0 Å². The SMILES string of the molecule is CN(Cc1cscn1)Cc1ccc(F)cc1F. The fraction of sp³-hybridized carbons (Fsp3) is 0.250. The fourth-order valence-electron chi connectivity index (χ4n) is 1.59. The molecule has 0 aliphatic rings. The highest BCUT2D eigenvalue weighted by atomic mass is 32.1. The number of hydrogen-bond acceptors (Lipinski definition) is 3. The van der Waals surface area contributed by atoms with Gasteiger partial charge in [-0.3, -0.25) is 4.90 Å². The first-order chi connectivity index (χ1) is 8.15. The normalized spacial score (nSPS) is 11.1. The van der Waals surface area contributed by atoms with E-state index >= 15 is 0 Å². The van der Waals surface area contributed by atoms with Crippen LogP contribution in [-0.4, -0.2) is 16.9 Å². The Hall–Kier alpha value is -1.33. The van der Waals surface area contributed by atoms with Crippen LogP contribution in [0.4, 0.5) is 8.78 Å². The lowest BCUT2D eigenvalue weighted by Crippen LogP contribution is -2.18. The maximum atomic E-state index is 13.4. The first-order valence-electron chi connectivity index (χ1n) is 5.14. The van der Waals surface area contributed by atoms with Gasteiger partial charge >= 0.3 is 0 Å². The zero-order chi connectivity index (χ0) is 12.3. The lowest BCUT2D eigenvalue weighted by atomic mass is 10.2. The van der Waals surface area contributed by atoms with Gasteiger partial charge in [0.25, 0.3) is 0 Å². The van der Waals surface area contributed by atoms with Gasteiger partial charge in [0.1, 0.15) is 11.6 Å². The Morgan fingerprint density at radius 3 is 2.76 bits per heavy atom. The molecule has 0 bridgehead atoms. The fourth-order valence-corrected chi connectivity index (χ4v) is 2.14.